The van der Waals surface area contributed by atoms with Gasteiger partial charge < -0.3 is 9.84 Å². The van der Waals surface area contributed by atoms with Gasteiger partial charge in [0.25, 0.3) is 6.20 Å². The van der Waals surface area contributed by atoms with E-state index in [-0.39, 0.29) is 5.88 Å². The number of thioether (sulfide) groups is 1. The van der Waals surface area contributed by atoms with Gasteiger partial charge in [-0.1, -0.05) is 18.2 Å². The van der Waals surface area contributed by atoms with Crippen molar-refractivity contribution in [2.45, 2.75) is 0 Å². The van der Waals surface area contributed by atoms with Gasteiger partial charge in [-0.05, 0) is 12.1 Å². The van der Waals surface area contributed by atoms with Crippen molar-refractivity contribution in [2.75, 3.05) is 29.6 Å². The Bertz CT molecular complexity index is 611. The molecule has 3 rings (SSSR count). The van der Waals surface area contributed by atoms with Crippen LogP contribution in [0.3, 0.4) is 0 Å². The van der Waals surface area contributed by atoms with Crippen molar-refractivity contribution in [3.05, 3.63) is 36.5 Å². The van der Waals surface area contributed by atoms with Crippen molar-refractivity contribution in [1.29, 1.82) is 0 Å². The molecule has 7 nitrogen and oxygen atoms in total. The van der Waals surface area contributed by atoms with Crippen LogP contribution < -0.4 is 19.6 Å². The van der Waals surface area contributed by atoms with E-state index in [0.29, 0.717) is 5.75 Å². The number of aliphatic imine (C=N–C) groups is 1. The van der Waals surface area contributed by atoms with Crippen LogP contribution >= 0.6 is 11.8 Å². The normalized spacial score (nSPS) is 16.0. The van der Waals surface area contributed by atoms with Crippen molar-refractivity contribution in [2.24, 2.45) is 4.99 Å². The molecule has 0 aliphatic carbocycles. The summed E-state index contributed by atoms with van der Waals surface area (Å²) < 4.78 is 10.1. The maximum Gasteiger partial charge on any atom is 0.326 e. The lowest BCUT2D eigenvalue weighted by Crippen LogP contribution is -2.61. The summed E-state index contributed by atoms with van der Waals surface area (Å²) in [5.41, 5.74) is 0. The standard InChI is InChI=1S/C13H14N4O3S/c18-13(19-11-4-2-1-3-5-11)14-12-10-17(15-20-12)16-6-8-21-9-7-16/h1-5,10H,6-9H2. The molecule has 110 valence electrons. The molecule has 0 radical (unpaired) electrons. The number of para-hydroxylation sites is 1. The summed E-state index contributed by atoms with van der Waals surface area (Å²) in [5, 5.41) is 17.6. The zero-order valence-electron chi connectivity index (χ0n) is 11.2. The van der Waals surface area contributed by atoms with Gasteiger partial charge in [0.15, 0.2) is 6.08 Å². The fraction of sp³-hybridized carbons (Fsp3) is 0.308. The molecule has 1 saturated heterocycles. The molecule has 21 heavy (non-hydrogen) atoms. The van der Waals surface area contributed by atoms with Crippen LogP contribution in [-0.2, 0) is 0 Å². The minimum atomic E-state index is -0.737. The van der Waals surface area contributed by atoms with E-state index < -0.39 is 6.08 Å². The Labute approximate surface area is 125 Å². The quantitative estimate of drug-likeness (QED) is 0.454. The highest BCUT2D eigenvalue weighted by Crippen LogP contribution is 2.11. The zero-order valence-corrected chi connectivity index (χ0v) is 12.0. The first-order valence-corrected chi connectivity index (χ1v) is 7.67. The maximum atomic E-state index is 11.7. The summed E-state index contributed by atoms with van der Waals surface area (Å²) in [7, 11) is 0. The maximum absolute atomic E-state index is 11.7. The van der Waals surface area contributed by atoms with Crippen LogP contribution in [0.4, 0.5) is 5.88 Å². The predicted octanol–water partition coefficient (Wildman–Crippen LogP) is 0.0737. The first-order chi connectivity index (χ1) is 10.3. The summed E-state index contributed by atoms with van der Waals surface area (Å²) in [5.74, 6) is 2.64. The molecule has 0 N–H and O–H groups in total. The number of hydrogen-bond donors (Lipinski definition) is 0. The first kappa shape index (κ1) is 13.7. The molecule has 1 fully saturated rings. The Morgan fingerprint density at radius 2 is 2.10 bits per heavy atom. The molecule has 1 aliphatic heterocycles. The molecule has 0 unspecified atom stereocenters. The Hall–Kier alpha value is -2.22. The SMILES string of the molecule is [O-]C(=Nc1c[n+](N2CCSCC2)no1)Oc1ccccc1. The lowest BCUT2D eigenvalue weighted by molar-refractivity contribution is -0.757. The average molecular weight is 306 g/mol. The van der Waals surface area contributed by atoms with Crippen LogP contribution in [0.2, 0.25) is 0 Å². The van der Waals surface area contributed by atoms with Gasteiger partial charge in [0.1, 0.15) is 0 Å². The van der Waals surface area contributed by atoms with Crippen LogP contribution in [0.5, 0.6) is 5.75 Å². The Kier molecular flexibility index (Phi) is 4.25. The Morgan fingerprint density at radius 1 is 1.33 bits per heavy atom. The molecule has 0 spiro atoms. The molecular formula is C13H14N4O3S. The van der Waals surface area contributed by atoms with Crippen molar-refractivity contribution < 1.29 is 19.2 Å². The van der Waals surface area contributed by atoms with Gasteiger partial charge in [-0.25, -0.2) is 0 Å². The largest absolute Gasteiger partial charge is 0.566 e. The third-order valence-corrected chi connectivity index (χ3v) is 3.81. The molecule has 1 aliphatic rings. The number of nitrogens with zero attached hydrogens (tertiary/aromatic N) is 4. The first-order valence-electron chi connectivity index (χ1n) is 6.51. The van der Waals surface area contributed by atoms with Gasteiger partial charge in [0.2, 0.25) is 5.27 Å². The fourth-order valence-electron chi connectivity index (χ4n) is 1.87. The fourth-order valence-corrected chi connectivity index (χ4v) is 2.76. The molecule has 2 heterocycles. The van der Waals surface area contributed by atoms with E-state index in [9.17, 15) is 5.11 Å². The summed E-state index contributed by atoms with van der Waals surface area (Å²) in [6, 6.07) is 8.75. The van der Waals surface area contributed by atoms with E-state index >= 15 is 0 Å². The number of rotatable bonds is 3. The third-order valence-electron chi connectivity index (χ3n) is 2.87. The molecule has 1 aromatic carbocycles. The second-order valence-electron chi connectivity index (χ2n) is 4.32. The van der Waals surface area contributed by atoms with Crippen molar-refractivity contribution in [3.63, 3.8) is 0 Å². The highest BCUT2D eigenvalue weighted by Gasteiger charge is 2.22. The second-order valence-corrected chi connectivity index (χ2v) is 5.54. The summed E-state index contributed by atoms with van der Waals surface area (Å²) in [4.78, 5) is 5.30. The zero-order chi connectivity index (χ0) is 14.5. The van der Waals surface area contributed by atoms with E-state index in [0.717, 1.165) is 24.6 Å². The predicted molar refractivity (Wildman–Crippen MR) is 76.1 cm³/mol. The van der Waals surface area contributed by atoms with Crippen LogP contribution in [0.1, 0.15) is 0 Å². The minimum absolute atomic E-state index is 0.120. The number of benzene rings is 1. The van der Waals surface area contributed by atoms with Crippen LogP contribution in [0, 0.1) is 0 Å². The van der Waals surface area contributed by atoms with Gasteiger partial charge >= 0.3 is 5.88 Å². The van der Waals surface area contributed by atoms with E-state index in [1.807, 2.05) is 22.8 Å². The number of aromatic nitrogens is 2. The smallest absolute Gasteiger partial charge is 0.326 e. The molecule has 1 aromatic heterocycles. The van der Waals surface area contributed by atoms with Crippen LogP contribution in [-0.4, -0.2) is 36.0 Å². The summed E-state index contributed by atoms with van der Waals surface area (Å²) >= 11 is 1.90. The van der Waals surface area contributed by atoms with Crippen molar-refractivity contribution in [1.82, 2.24) is 5.27 Å². The molecule has 0 saturated carbocycles. The monoisotopic (exact) mass is 306 g/mol. The average Bonchev–Trinajstić information content (AvgIpc) is 2.97. The van der Waals surface area contributed by atoms with Gasteiger partial charge in [-0.2, -0.15) is 21.8 Å². The molecule has 0 amide bonds. The third kappa shape index (κ3) is 3.66. The van der Waals surface area contributed by atoms with Gasteiger partial charge in [0.05, 0.1) is 17.9 Å². The van der Waals surface area contributed by atoms with Crippen molar-refractivity contribution in [3.8, 4) is 5.75 Å². The number of hydrogen-bond acceptors (Lipinski definition) is 7. The topological polar surface area (TPSA) is 77.8 Å². The molecular weight excluding hydrogens is 292 g/mol. The molecule has 0 bridgehead atoms. The van der Waals surface area contributed by atoms with Gasteiger partial charge in [0, 0.05) is 17.3 Å². The van der Waals surface area contributed by atoms with Crippen molar-refractivity contribution >= 4 is 23.7 Å². The lowest BCUT2D eigenvalue weighted by Gasteiger charge is -2.17. The van der Waals surface area contributed by atoms with E-state index in [1.165, 1.54) is 0 Å². The Morgan fingerprint density at radius 3 is 2.86 bits per heavy atom. The van der Waals surface area contributed by atoms with Gasteiger partial charge in [-0.15, -0.1) is 0 Å². The summed E-state index contributed by atoms with van der Waals surface area (Å²) in [6.07, 6.45) is 0.834. The number of ether oxygens (including phenoxy) is 1. The summed E-state index contributed by atoms with van der Waals surface area (Å²) in [6.45, 7) is 1.77. The highest BCUT2D eigenvalue weighted by molar-refractivity contribution is 7.99. The lowest BCUT2D eigenvalue weighted by atomic mass is 10.3. The molecule has 2 aromatic rings. The van der Waals surface area contributed by atoms with E-state index in [4.69, 9.17) is 9.26 Å². The Balaban J connectivity index is 1.66. The van der Waals surface area contributed by atoms with E-state index in [1.54, 1.807) is 35.3 Å². The van der Waals surface area contributed by atoms with Gasteiger partial charge in [-0.3, -0.25) is 4.52 Å². The van der Waals surface area contributed by atoms with E-state index in [2.05, 4.69) is 10.3 Å². The minimum Gasteiger partial charge on any atom is -0.566 e. The van der Waals surface area contributed by atoms with Crippen LogP contribution in [0.25, 0.3) is 0 Å². The second kappa shape index (κ2) is 6.49. The molecule has 0 atom stereocenters. The van der Waals surface area contributed by atoms with Crippen LogP contribution in [0.15, 0.2) is 46.0 Å². The highest BCUT2D eigenvalue weighted by atomic mass is 32.2. The molecule has 8 heteroatoms.